The molecule has 0 aliphatic carbocycles. The zero-order valence-corrected chi connectivity index (χ0v) is 24.1. The summed E-state index contributed by atoms with van der Waals surface area (Å²) in [6, 6.07) is 6.31. The number of morpholine rings is 1. The maximum Gasteiger partial charge on any atom is 0.270 e. The highest BCUT2D eigenvalue weighted by atomic mass is 35.5. The number of ether oxygens (including phenoxy) is 1. The summed E-state index contributed by atoms with van der Waals surface area (Å²) in [7, 11) is 2.18. The number of rotatable bonds is 10. The summed E-state index contributed by atoms with van der Waals surface area (Å²) in [4.78, 5) is 21.9. The van der Waals surface area contributed by atoms with Crippen molar-refractivity contribution in [2.45, 2.75) is 32.1 Å². The van der Waals surface area contributed by atoms with E-state index in [0.717, 1.165) is 70.2 Å². The van der Waals surface area contributed by atoms with E-state index in [1.807, 2.05) is 17.0 Å². The van der Waals surface area contributed by atoms with Crippen molar-refractivity contribution in [3.05, 3.63) is 58.3 Å². The van der Waals surface area contributed by atoms with Crippen LogP contribution in [-0.4, -0.2) is 91.2 Å². The second-order valence-electron chi connectivity index (χ2n) is 10.9. The summed E-state index contributed by atoms with van der Waals surface area (Å²) in [5, 5.41) is 10.1. The zero-order chi connectivity index (χ0) is 27.9. The van der Waals surface area contributed by atoms with Crippen LogP contribution in [0.3, 0.4) is 0 Å². The van der Waals surface area contributed by atoms with Crippen molar-refractivity contribution in [3.63, 3.8) is 0 Å². The third-order valence-corrected chi connectivity index (χ3v) is 8.25. The van der Waals surface area contributed by atoms with Crippen molar-refractivity contribution < 1.29 is 9.53 Å². The van der Waals surface area contributed by atoms with Gasteiger partial charge in [-0.25, -0.2) is 4.99 Å². The van der Waals surface area contributed by atoms with Crippen LogP contribution >= 0.6 is 11.6 Å². The fourth-order valence-electron chi connectivity index (χ4n) is 5.33. The molecule has 2 fully saturated rings. The highest BCUT2D eigenvalue weighted by molar-refractivity contribution is 6.32. The third-order valence-electron chi connectivity index (χ3n) is 7.89. The van der Waals surface area contributed by atoms with Crippen molar-refractivity contribution >= 4 is 29.4 Å². The average Bonchev–Trinajstić information content (AvgIpc) is 3.09. The molecule has 0 spiro atoms. The SMILES string of the molecule is CN1CCC(Cc2ccc(-n3cc(C(=O)NCCCN4CCOCC4)[nH]3)cc2NC2=C(N)C(Cl)=CCC=N2)CC1. The molecule has 0 atom stereocenters. The molecule has 40 heavy (non-hydrogen) atoms. The van der Waals surface area contributed by atoms with Crippen molar-refractivity contribution in [3.8, 4) is 5.69 Å². The minimum atomic E-state index is -0.0948. The van der Waals surface area contributed by atoms with Gasteiger partial charge in [0.15, 0.2) is 5.82 Å². The smallest absolute Gasteiger partial charge is 0.270 e. The summed E-state index contributed by atoms with van der Waals surface area (Å²) in [5.41, 5.74) is 10.4. The van der Waals surface area contributed by atoms with Gasteiger partial charge >= 0.3 is 0 Å². The Morgan fingerprint density at radius 3 is 2.77 bits per heavy atom. The number of piperidine rings is 1. The van der Waals surface area contributed by atoms with Crippen molar-refractivity contribution in [2.75, 3.05) is 64.8 Å². The Morgan fingerprint density at radius 1 is 1.23 bits per heavy atom. The summed E-state index contributed by atoms with van der Waals surface area (Å²) >= 11 is 6.37. The zero-order valence-electron chi connectivity index (χ0n) is 23.3. The molecule has 5 N–H and O–H groups in total. The Bertz CT molecular complexity index is 1240. The molecule has 1 amide bonds. The fourth-order valence-corrected chi connectivity index (χ4v) is 5.51. The van der Waals surface area contributed by atoms with E-state index < -0.39 is 0 Å². The topological polar surface area (TPSA) is 116 Å². The standard InChI is InChI=1S/C29H41ClN8O2/c1-36-12-7-21(8-13-36)18-22-5-6-23(19-25(22)34-28-27(31)24(30)4-2-9-32-28)38-20-26(35-38)29(39)33-10-3-11-37-14-16-40-17-15-37/h4-6,9,19-21,34-35H,2-3,7-8,10-18,31H2,1H3,(H,33,39). The molecule has 3 aliphatic rings. The Labute approximate surface area is 241 Å². The van der Waals surface area contributed by atoms with Gasteiger partial charge in [-0.3, -0.25) is 19.5 Å². The largest absolute Gasteiger partial charge is 0.395 e. The van der Waals surface area contributed by atoms with Gasteiger partial charge in [-0.15, -0.1) is 0 Å². The molecule has 0 bridgehead atoms. The minimum absolute atomic E-state index is 0.0948. The number of H-pyrrole nitrogens is 1. The molecule has 11 heteroatoms. The molecule has 2 saturated heterocycles. The van der Waals surface area contributed by atoms with Crippen LogP contribution in [0.2, 0.25) is 0 Å². The van der Waals surface area contributed by atoms with Crippen LogP contribution in [0.25, 0.3) is 5.69 Å². The maximum absolute atomic E-state index is 12.6. The summed E-state index contributed by atoms with van der Waals surface area (Å²) in [6.07, 6.45) is 10.4. The Balaban J connectivity index is 1.25. The molecule has 5 rings (SSSR count). The number of halogens is 1. The van der Waals surface area contributed by atoms with Crippen molar-refractivity contribution in [1.29, 1.82) is 0 Å². The molecule has 0 saturated carbocycles. The summed E-state index contributed by atoms with van der Waals surface area (Å²) < 4.78 is 7.24. The highest BCUT2D eigenvalue weighted by Gasteiger charge is 2.20. The first-order valence-corrected chi connectivity index (χ1v) is 14.7. The predicted molar refractivity (Wildman–Crippen MR) is 160 cm³/mol. The first-order valence-electron chi connectivity index (χ1n) is 14.3. The number of allylic oxidation sites excluding steroid dienone is 2. The normalized spacial score (nSPS) is 19.5. The van der Waals surface area contributed by atoms with Crippen LogP contribution in [0.4, 0.5) is 5.69 Å². The van der Waals surface area contributed by atoms with Crippen LogP contribution in [-0.2, 0) is 11.2 Å². The van der Waals surface area contributed by atoms with Crippen molar-refractivity contribution in [2.24, 2.45) is 16.6 Å². The molecule has 0 radical (unpaired) electrons. The molecule has 1 aromatic heterocycles. The molecular weight excluding hydrogens is 528 g/mol. The summed E-state index contributed by atoms with van der Waals surface area (Å²) in [5.74, 6) is 1.07. The number of nitrogens with one attached hydrogen (secondary N) is 3. The number of anilines is 1. The molecule has 2 aromatic rings. The molecule has 1 aromatic carbocycles. The van der Waals surface area contributed by atoms with E-state index in [1.54, 1.807) is 6.21 Å². The fraction of sp³-hybridized carbons (Fsp3) is 0.517. The van der Waals surface area contributed by atoms with Gasteiger partial charge in [-0.1, -0.05) is 23.7 Å². The molecule has 216 valence electrons. The molecule has 3 aliphatic heterocycles. The van der Waals surface area contributed by atoms with Crippen LogP contribution in [0.15, 0.2) is 52.0 Å². The lowest BCUT2D eigenvalue weighted by Crippen LogP contribution is -2.38. The molecule has 0 unspecified atom stereocenters. The van der Waals surface area contributed by atoms with E-state index in [2.05, 4.69) is 55.8 Å². The minimum Gasteiger partial charge on any atom is -0.395 e. The van der Waals surface area contributed by atoms with E-state index in [-0.39, 0.29) is 5.91 Å². The van der Waals surface area contributed by atoms with Gasteiger partial charge in [-0.05, 0) is 76.0 Å². The highest BCUT2D eigenvalue weighted by Crippen LogP contribution is 2.30. The number of nitrogens with two attached hydrogens (primary N) is 1. The van der Waals surface area contributed by atoms with Gasteiger partial charge in [0.25, 0.3) is 5.91 Å². The lowest BCUT2D eigenvalue weighted by atomic mass is 9.89. The van der Waals surface area contributed by atoms with Crippen LogP contribution in [0, 0.1) is 5.92 Å². The van der Waals surface area contributed by atoms with Crippen LogP contribution < -0.4 is 16.4 Å². The molecular formula is C29H41ClN8O2. The van der Waals surface area contributed by atoms with Gasteiger partial charge < -0.3 is 26.0 Å². The van der Waals surface area contributed by atoms with E-state index in [0.29, 0.717) is 41.1 Å². The van der Waals surface area contributed by atoms with Gasteiger partial charge in [0.2, 0.25) is 0 Å². The van der Waals surface area contributed by atoms with Crippen LogP contribution in [0.5, 0.6) is 0 Å². The second kappa shape index (κ2) is 13.5. The van der Waals surface area contributed by atoms with E-state index >= 15 is 0 Å². The first-order chi connectivity index (χ1) is 19.5. The second-order valence-corrected chi connectivity index (χ2v) is 11.3. The number of aliphatic imine (C=N–C) groups is 1. The third kappa shape index (κ3) is 7.37. The number of hydrogen-bond acceptors (Lipinski definition) is 7. The Morgan fingerprint density at radius 2 is 2.00 bits per heavy atom. The van der Waals surface area contributed by atoms with Gasteiger partial charge in [-0.2, -0.15) is 0 Å². The number of aromatic nitrogens is 2. The monoisotopic (exact) mass is 568 g/mol. The Hall–Kier alpha value is -3.05. The van der Waals surface area contributed by atoms with Crippen molar-refractivity contribution in [1.82, 2.24) is 24.9 Å². The molecule has 4 heterocycles. The van der Waals surface area contributed by atoms with E-state index in [1.165, 1.54) is 18.4 Å². The lowest BCUT2D eigenvalue weighted by Gasteiger charge is -2.29. The van der Waals surface area contributed by atoms with Gasteiger partial charge in [0.05, 0.1) is 35.8 Å². The summed E-state index contributed by atoms with van der Waals surface area (Å²) in [6.45, 7) is 7.35. The van der Waals surface area contributed by atoms with Gasteiger partial charge in [0.1, 0.15) is 5.69 Å². The number of benzene rings is 1. The number of carbonyl (C=O) groups is 1. The number of aromatic amines is 1. The number of likely N-dealkylation sites (tertiary alicyclic amines) is 1. The van der Waals surface area contributed by atoms with E-state index in [9.17, 15) is 4.79 Å². The maximum atomic E-state index is 12.6. The first kappa shape index (κ1) is 28.5. The number of hydrogen-bond donors (Lipinski definition) is 4. The number of amides is 1. The predicted octanol–water partition coefficient (Wildman–Crippen LogP) is 3.28. The quantitative estimate of drug-likeness (QED) is 0.327. The van der Waals surface area contributed by atoms with Gasteiger partial charge in [0, 0.05) is 38.0 Å². The lowest BCUT2D eigenvalue weighted by molar-refractivity contribution is 0.0374. The number of carbonyl (C=O) groups excluding carboxylic acids is 1. The Kier molecular flexibility index (Phi) is 9.64. The average molecular weight is 569 g/mol. The van der Waals surface area contributed by atoms with Crippen LogP contribution in [0.1, 0.15) is 41.7 Å². The molecule has 10 nitrogen and oxygen atoms in total. The number of nitrogens with zero attached hydrogens (tertiary/aromatic N) is 4. The van der Waals surface area contributed by atoms with E-state index in [4.69, 9.17) is 22.1 Å².